The second kappa shape index (κ2) is 7.04. The Bertz CT molecular complexity index is 648. The van der Waals surface area contributed by atoms with E-state index < -0.39 is 5.97 Å². The van der Waals surface area contributed by atoms with Crippen LogP contribution in [-0.2, 0) is 22.7 Å². The van der Waals surface area contributed by atoms with E-state index >= 15 is 0 Å². The lowest BCUT2D eigenvalue weighted by Crippen LogP contribution is -2.27. The van der Waals surface area contributed by atoms with Crippen molar-refractivity contribution in [3.05, 3.63) is 59.9 Å². The smallest absolute Gasteiger partial charge is 0.328 e. The molecule has 1 aromatic carbocycles. The summed E-state index contributed by atoms with van der Waals surface area (Å²) in [5, 5.41) is 15.3. The fourth-order valence-corrected chi connectivity index (χ4v) is 1.77. The number of hydrogen-bond acceptors (Lipinski definition) is 3. The van der Waals surface area contributed by atoms with Gasteiger partial charge in [-0.25, -0.2) is 4.79 Å². The molecule has 0 bridgehead atoms. The summed E-state index contributed by atoms with van der Waals surface area (Å²) in [6.07, 6.45) is 5.93. The first-order chi connectivity index (χ1) is 10.1. The number of nitrogens with one attached hydrogen (secondary N) is 1. The molecule has 108 valence electrons. The van der Waals surface area contributed by atoms with Crippen molar-refractivity contribution >= 4 is 18.0 Å². The van der Waals surface area contributed by atoms with Gasteiger partial charge in [0.2, 0.25) is 5.91 Å². The molecule has 0 saturated heterocycles. The van der Waals surface area contributed by atoms with Crippen LogP contribution < -0.4 is 5.32 Å². The zero-order valence-electron chi connectivity index (χ0n) is 11.3. The summed E-state index contributed by atoms with van der Waals surface area (Å²) in [5.74, 6) is -1.13. The Labute approximate surface area is 121 Å². The van der Waals surface area contributed by atoms with Gasteiger partial charge in [-0.3, -0.25) is 9.48 Å². The summed E-state index contributed by atoms with van der Waals surface area (Å²) in [6, 6.07) is 9.07. The molecule has 21 heavy (non-hydrogen) atoms. The minimum absolute atomic E-state index is 0.134. The zero-order chi connectivity index (χ0) is 15.1. The molecule has 6 heteroatoms. The van der Waals surface area contributed by atoms with Gasteiger partial charge < -0.3 is 10.4 Å². The maximum absolute atomic E-state index is 11.7. The Kier molecular flexibility index (Phi) is 4.87. The van der Waals surface area contributed by atoms with Gasteiger partial charge in [0.05, 0.1) is 0 Å². The van der Waals surface area contributed by atoms with Crippen LogP contribution in [0.1, 0.15) is 11.1 Å². The first-order valence-electron chi connectivity index (χ1n) is 6.37. The summed E-state index contributed by atoms with van der Waals surface area (Å²) < 4.78 is 1.54. The molecule has 0 atom stereocenters. The van der Waals surface area contributed by atoms with Crippen LogP contribution in [-0.4, -0.2) is 26.8 Å². The van der Waals surface area contributed by atoms with E-state index in [0.717, 1.165) is 17.2 Å². The second-order valence-electron chi connectivity index (χ2n) is 4.40. The van der Waals surface area contributed by atoms with E-state index in [1.54, 1.807) is 29.2 Å². The Hall–Kier alpha value is -2.89. The van der Waals surface area contributed by atoms with E-state index in [2.05, 4.69) is 10.4 Å². The number of benzene rings is 1. The third-order valence-corrected chi connectivity index (χ3v) is 2.72. The summed E-state index contributed by atoms with van der Waals surface area (Å²) >= 11 is 0. The van der Waals surface area contributed by atoms with Crippen molar-refractivity contribution in [2.75, 3.05) is 0 Å². The van der Waals surface area contributed by atoms with Crippen LogP contribution in [0.3, 0.4) is 0 Å². The molecule has 1 heterocycles. The van der Waals surface area contributed by atoms with Gasteiger partial charge in [-0.1, -0.05) is 18.2 Å². The van der Waals surface area contributed by atoms with Gasteiger partial charge in [-0.2, -0.15) is 5.10 Å². The quantitative estimate of drug-likeness (QED) is 0.783. The number of nitrogens with zero attached hydrogens (tertiary/aromatic N) is 2. The third-order valence-electron chi connectivity index (χ3n) is 2.72. The molecular weight excluding hydrogens is 270 g/mol. The minimum atomic E-state index is -0.993. The highest BCUT2D eigenvalue weighted by molar-refractivity contribution is 5.85. The Morgan fingerprint density at radius 1 is 1.33 bits per heavy atom. The predicted octanol–water partition coefficient (Wildman–Crippen LogP) is 1.30. The van der Waals surface area contributed by atoms with Crippen molar-refractivity contribution in [3.8, 4) is 0 Å². The highest BCUT2D eigenvalue weighted by Gasteiger charge is 2.02. The van der Waals surface area contributed by atoms with Crippen LogP contribution in [0.4, 0.5) is 0 Å². The van der Waals surface area contributed by atoms with Crippen molar-refractivity contribution < 1.29 is 14.7 Å². The van der Waals surface area contributed by atoms with Gasteiger partial charge in [-0.15, -0.1) is 0 Å². The van der Waals surface area contributed by atoms with E-state index in [4.69, 9.17) is 5.11 Å². The Morgan fingerprint density at radius 2 is 2.19 bits per heavy atom. The predicted molar refractivity (Wildman–Crippen MR) is 77.2 cm³/mol. The number of aromatic nitrogens is 2. The number of hydrogen-bond donors (Lipinski definition) is 2. The fraction of sp³-hybridized carbons (Fsp3) is 0.133. The number of carboxylic acid groups (broad SMARTS) is 1. The second-order valence-corrected chi connectivity index (χ2v) is 4.40. The summed E-state index contributed by atoms with van der Waals surface area (Å²) in [5.41, 5.74) is 1.67. The standard InChI is InChI=1S/C15H15N3O3/c19-14(11-18-8-2-7-17-18)16-10-13-4-1-3-12(9-13)5-6-15(20)21/h1-9H,10-11H2,(H,16,19)(H,20,21). The molecule has 0 spiro atoms. The molecule has 0 unspecified atom stereocenters. The van der Waals surface area contributed by atoms with Crippen LogP contribution in [0.5, 0.6) is 0 Å². The van der Waals surface area contributed by atoms with Crippen molar-refractivity contribution in [2.24, 2.45) is 0 Å². The lowest BCUT2D eigenvalue weighted by molar-refractivity contribution is -0.131. The Balaban J connectivity index is 1.89. The van der Waals surface area contributed by atoms with Crippen LogP contribution in [0.2, 0.25) is 0 Å². The SMILES string of the molecule is O=C(O)C=Cc1cccc(CNC(=O)Cn2cccn2)c1. The van der Waals surface area contributed by atoms with Crippen LogP contribution in [0.15, 0.2) is 48.8 Å². The van der Waals surface area contributed by atoms with Gasteiger partial charge in [0.25, 0.3) is 0 Å². The molecule has 2 aromatic rings. The first-order valence-corrected chi connectivity index (χ1v) is 6.37. The molecule has 1 amide bonds. The minimum Gasteiger partial charge on any atom is -0.478 e. The molecule has 0 fully saturated rings. The summed E-state index contributed by atoms with van der Waals surface area (Å²) in [6.45, 7) is 0.556. The average Bonchev–Trinajstić information content (AvgIpc) is 2.96. The number of aliphatic carboxylic acids is 1. The fourth-order valence-electron chi connectivity index (χ4n) is 1.77. The molecule has 0 radical (unpaired) electrons. The molecular formula is C15H15N3O3. The van der Waals surface area contributed by atoms with E-state index in [-0.39, 0.29) is 12.5 Å². The molecule has 0 aliphatic carbocycles. The monoisotopic (exact) mass is 285 g/mol. The van der Waals surface area contributed by atoms with Crippen LogP contribution >= 0.6 is 0 Å². The Morgan fingerprint density at radius 3 is 2.90 bits per heavy atom. The topological polar surface area (TPSA) is 84.2 Å². The molecule has 6 nitrogen and oxygen atoms in total. The summed E-state index contributed by atoms with van der Waals surface area (Å²) in [4.78, 5) is 22.2. The van der Waals surface area contributed by atoms with Crippen molar-refractivity contribution in [1.82, 2.24) is 15.1 Å². The van der Waals surface area contributed by atoms with E-state index in [0.29, 0.717) is 6.54 Å². The number of rotatable bonds is 6. The number of carboxylic acids is 1. The normalized spacial score (nSPS) is 10.7. The lowest BCUT2D eigenvalue weighted by atomic mass is 10.1. The van der Waals surface area contributed by atoms with Crippen LogP contribution in [0.25, 0.3) is 6.08 Å². The highest BCUT2D eigenvalue weighted by atomic mass is 16.4. The van der Waals surface area contributed by atoms with Gasteiger partial charge in [0, 0.05) is 25.0 Å². The van der Waals surface area contributed by atoms with Crippen LogP contribution in [0, 0.1) is 0 Å². The van der Waals surface area contributed by atoms with Crippen molar-refractivity contribution in [3.63, 3.8) is 0 Å². The lowest BCUT2D eigenvalue weighted by Gasteiger charge is -2.06. The van der Waals surface area contributed by atoms with E-state index in [9.17, 15) is 9.59 Å². The zero-order valence-corrected chi connectivity index (χ0v) is 11.3. The molecule has 0 aliphatic heterocycles. The molecule has 0 saturated carbocycles. The third kappa shape index (κ3) is 4.94. The first kappa shape index (κ1) is 14.5. The van der Waals surface area contributed by atoms with Crippen molar-refractivity contribution in [1.29, 1.82) is 0 Å². The van der Waals surface area contributed by atoms with Gasteiger partial charge in [0.1, 0.15) is 6.54 Å². The number of carbonyl (C=O) groups is 2. The van der Waals surface area contributed by atoms with E-state index in [1.807, 2.05) is 18.2 Å². The van der Waals surface area contributed by atoms with Crippen molar-refractivity contribution in [2.45, 2.75) is 13.1 Å². The molecule has 2 N–H and O–H groups in total. The molecule has 0 aliphatic rings. The average molecular weight is 285 g/mol. The summed E-state index contributed by atoms with van der Waals surface area (Å²) in [7, 11) is 0. The van der Waals surface area contributed by atoms with Gasteiger partial charge in [0.15, 0.2) is 0 Å². The number of carbonyl (C=O) groups excluding carboxylic acids is 1. The van der Waals surface area contributed by atoms with Gasteiger partial charge >= 0.3 is 5.97 Å². The largest absolute Gasteiger partial charge is 0.478 e. The molecule has 2 rings (SSSR count). The maximum atomic E-state index is 11.7. The maximum Gasteiger partial charge on any atom is 0.328 e. The number of amides is 1. The van der Waals surface area contributed by atoms with E-state index in [1.165, 1.54) is 6.08 Å². The molecule has 1 aromatic heterocycles. The highest BCUT2D eigenvalue weighted by Crippen LogP contribution is 2.07. The van der Waals surface area contributed by atoms with Gasteiger partial charge in [-0.05, 0) is 29.3 Å².